The Morgan fingerprint density at radius 3 is 2.95 bits per heavy atom. The van der Waals surface area contributed by atoms with E-state index in [1.165, 1.54) is 18.0 Å². The summed E-state index contributed by atoms with van der Waals surface area (Å²) in [6.07, 6.45) is 3.19. The molecule has 6 nitrogen and oxygen atoms in total. The monoisotopic (exact) mass is 317 g/mol. The van der Waals surface area contributed by atoms with Gasteiger partial charge in [0.15, 0.2) is 6.20 Å². The molecule has 0 saturated carbocycles. The number of aromatic nitrogens is 1. The van der Waals surface area contributed by atoms with Crippen LogP contribution >= 0.6 is 11.8 Å². The molecule has 0 fully saturated rings. The van der Waals surface area contributed by atoms with Crippen molar-refractivity contribution < 1.29 is 13.9 Å². The Morgan fingerprint density at radius 1 is 1.41 bits per heavy atom. The zero-order valence-corrected chi connectivity index (χ0v) is 12.7. The number of pyridine rings is 1. The number of amides is 1. The van der Waals surface area contributed by atoms with Crippen molar-refractivity contribution in [1.29, 1.82) is 5.26 Å². The van der Waals surface area contributed by atoms with E-state index >= 15 is 0 Å². The molecule has 2 aromatic heterocycles. The second kappa shape index (κ2) is 8.10. The van der Waals surface area contributed by atoms with Crippen LogP contribution in [-0.4, -0.2) is 23.1 Å². The molecule has 0 bridgehead atoms. The first-order valence-electron chi connectivity index (χ1n) is 6.69. The van der Waals surface area contributed by atoms with E-state index in [-0.39, 0.29) is 18.1 Å². The molecule has 114 valence electrons. The molecular formula is C15H15N3O3S. The number of thioether (sulfide) groups is 1. The maximum absolute atomic E-state index is 12.3. The number of hydrogen-bond donors (Lipinski definition) is 0. The van der Waals surface area contributed by atoms with E-state index < -0.39 is 0 Å². The second-order valence-corrected chi connectivity index (χ2v) is 5.45. The quantitative estimate of drug-likeness (QED) is 0.443. The maximum atomic E-state index is 12.3. The van der Waals surface area contributed by atoms with Crippen LogP contribution in [0.3, 0.4) is 0 Å². The number of furan rings is 1. The van der Waals surface area contributed by atoms with Gasteiger partial charge in [0.2, 0.25) is 5.91 Å². The van der Waals surface area contributed by atoms with Crippen LogP contribution in [0, 0.1) is 16.5 Å². The molecule has 0 aliphatic rings. The molecule has 2 aromatic rings. The molecule has 0 atom stereocenters. The third-order valence-corrected chi connectivity index (χ3v) is 3.91. The number of carbonyl (C=O) groups excluding carboxylic acids is 1. The largest absolute Gasteiger partial charge is 0.618 e. The Hall–Kier alpha value is -2.46. The van der Waals surface area contributed by atoms with E-state index in [1.54, 1.807) is 41.5 Å². The third kappa shape index (κ3) is 4.53. The molecule has 0 saturated heterocycles. The van der Waals surface area contributed by atoms with Crippen molar-refractivity contribution in [3.05, 3.63) is 53.8 Å². The van der Waals surface area contributed by atoms with Crippen LogP contribution in [0.15, 0.2) is 52.2 Å². The minimum absolute atomic E-state index is 0.137. The summed E-state index contributed by atoms with van der Waals surface area (Å²) in [5, 5.41) is 20.7. The number of nitriles is 1. The third-order valence-electron chi connectivity index (χ3n) is 2.91. The van der Waals surface area contributed by atoms with Gasteiger partial charge in [-0.05, 0) is 30.0 Å². The minimum Gasteiger partial charge on any atom is -0.618 e. The molecule has 0 aromatic carbocycles. The van der Waals surface area contributed by atoms with E-state index in [1.807, 2.05) is 6.07 Å². The highest BCUT2D eigenvalue weighted by Crippen LogP contribution is 2.15. The Bertz CT molecular complexity index is 652. The average Bonchev–Trinajstić information content (AvgIpc) is 3.03. The van der Waals surface area contributed by atoms with Crippen LogP contribution in [0.4, 0.5) is 0 Å². The first-order valence-corrected chi connectivity index (χ1v) is 7.67. The molecule has 0 aliphatic carbocycles. The van der Waals surface area contributed by atoms with Gasteiger partial charge in [-0.2, -0.15) is 9.99 Å². The van der Waals surface area contributed by atoms with E-state index in [2.05, 4.69) is 0 Å². The second-order valence-electron chi connectivity index (χ2n) is 4.46. The molecule has 1 amide bonds. The highest BCUT2D eigenvalue weighted by molar-refractivity contribution is 7.99. The van der Waals surface area contributed by atoms with E-state index in [4.69, 9.17) is 9.68 Å². The van der Waals surface area contributed by atoms with Crippen molar-refractivity contribution in [2.24, 2.45) is 0 Å². The fourth-order valence-corrected chi connectivity index (χ4v) is 2.64. The predicted molar refractivity (Wildman–Crippen MR) is 80.5 cm³/mol. The van der Waals surface area contributed by atoms with Gasteiger partial charge in [0.25, 0.3) is 5.03 Å². The Kier molecular flexibility index (Phi) is 5.86. The summed E-state index contributed by atoms with van der Waals surface area (Å²) in [5.74, 6) is 0.661. The van der Waals surface area contributed by atoms with Crippen LogP contribution in [0.2, 0.25) is 0 Å². The molecule has 0 unspecified atom stereocenters. The highest BCUT2D eigenvalue weighted by Gasteiger charge is 2.17. The molecule has 0 aliphatic heterocycles. The highest BCUT2D eigenvalue weighted by atomic mass is 32.2. The van der Waals surface area contributed by atoms with Gasteiger partial charge in [0, 0.05) is 18.7 Å². The fraction of sp³-hybridized carbons (Fsp3) is 0.267. The summed E-state index contributed by atoms with van der Waals surface area (Å²) in [5.41, 5.74) is 0. The Morgan fingerprint density at radius 2 is 2.27 bits per heavy atom. The van der Waals surface area contributed by atoms with Crippen molar-refractivity contribution in [1.82, 2.24) is 4.90 Å². The van der Waals surface area contributed by atoms with Gasteiger partial charge in [-0.3, -0.25) is 4.79 Å². The Labute approximate surface area is 132 Å². The number of carbonyl (C=O) groups is 1. The lowest BCUT2D eigenvalue weighted by Gasteiger charge is -2.20. The lowest BCUT2D eigenvalue weighted by molar-refractivity contribution is -0.645. The van der Waals surface area contributed by atoms with Gasteiger partial charge >= 0.3 is 0 Å². The standard InChI is InChI=1S/C15H15N3O3S/c16-7-4-8-17(11-13-5-3-10-21-13)14(19)12-22-15-6-1-2-9-18(15)20/h1-3,5-6,9-10H,4,8,11-12H2. The van der Waals surface area contributed by atoms with Gasteiger partial charge in [-0.1, -0.05) is 0 Å². The summed E-state index contributed by atoms with van der Waals surface area (Å²) in [7, 11) is 0. The van der Waals surface area contributed by atoms with Gasteiger partial charge in [0.1, 0.15) is 5.76 Å². The van der Waals surface area contributed by atoms with Crippen molar-refractivity contribution in [2.75, 3.05) is 12.3 Å². The first kappa shape index (κ1) is 15.9. The smallest absolute Gasteiger partial charge is 0.251 e. The van der Waals surface area contributed by atoms with E-state index in [0.29, 0.717) is 23.9 Å². The van der Waals surface area contributed by atoms with Crippen LogP contribution in [0.25, 0.3) is 0 Å². The van der Waals surface area contributed by atoms with Gasteiger partial charge in [-0.15, -0.1) is 0 Å². The van der Waals surface area contributed by atoms with Crippen LogP contribution in [-0.2, 0) is 11.3 Å². The SMILES string of the molecule is N#CCCN(Cc1ccco1)C(=O)CSc1cccc[n+]1[O-]. The molecule has 0 radical (unpaired) electrons. The first-order chi connectivity index (χ1) is 10.7. The maximum Gasteiger partial charge on any atom is 0.251 e. The average molecular weight is 317 g/mol. The van der Waals surface area contributed by atoms with Gasteiger partial charge in [0.05, 0.1) is 31.1 Å². The topological polar surface area (TPSA) is 84.2 Å². The number of nitrogens with zero attached hydrogens (tertiary/aromatic N) is 3. The van der Waals surface area contributed by atoms with Crippen molar-refractivity contribution >= 4 is 17.7 Å². The summed E-state index contributed by atoms with van der Waals surface area (Å²) >= 11 is 1.18. The van der Waals surface area contributed by atoms with Crippen molar-refractivity contribution in [3.63, 3.8) is 0 Å². The molecular weight excluding hydrogens is 302 g/mol. The number of rotatable bonds is 7. The molecule has 0 N–H and O–H groups in total. The lowest BCUT2D eigenvalue weighted by Crippen LogP contribution is -2.34. The lowest BCUT2D eigenvalue weighted by atomic mass is 10.3. The summed E-state index contributed by atoms with van der Waals surface area (Å²) in [6.45, 7) is 0.656. The van der Waals surface area contributed by atoms with Crippen LogP contribution in [0.5, 0.6) is 0 Å². The van der Waals surface area contributed by atoms with Gasteiger partial charge < -0.3 is 14.5 Å². The minimum atomic E-state index is -0.138. The van der Waals surface area contributed by atoms with Gasteiger partial charge in [-0.25, -0.2) is 0 Å². The molecule has 7 heteroatoms. The van der Waals surface area contributed by atoms with E-state index in [0.717, 1.165) is 4.73 Å². The zero-order chi connectivity index (χ0) is 15.8. The summed E-state index contributed by atoms with van der Waals surface area (Å²) < 4.78 is 5.96. The molecule has 22 heavy (non-hydrogen) atoms. The van der Waals surface area contributed by atoms with Crippen molar-refractivity contribution in [2.45, 2.75) is 18.0 Å². The van der Waals surface area contributed by atoms with Crippen LogP contribution in [0.1, 0.15) is 12.2 Å². The molecule has 2 heterocycles. The number of hydrogen-bond acceptors (Lipinski definition) is 5. The fourth-order valence-electron chi connectivity index (χ4n) is 1.82. The molecule has 2 rings (SSSR count). The van der Waals surface area contributed by atoms with Crippen LogP contribution < -0.4 is 4.73 Å². The summed E-state index contributed by atoms with van der Waals surface area (Å²) in [6, 6.07) is 10.6. The Balaban J connectivity index is 1.96. The van der Waals surface area contributed by atoms with E-state index in [9.17, 15) is 10.0 Å². The zero-order valence-electron chi connectivity index (χ0n) is 11.8. The normalized spacial score (nSPS) is 10.1. The summed E-state index contributed by atoms with van der Waals surface area (Å²) in [4.78, 5) is 13.9. The van der Waals surface area contributed by atoms with Crippen molar-refractivity contribution in [3.8, 4) is 6.07 Å². The molecule has 0 spiro atoms. The predicted octanol–water partition coefficient (Wildman–Crippen LogP) is 1.95.